The number of amides is 1. The molecule has 0 aliphatic carbocycles. The molecule has 0 aliphatic rings. The summed E-state index contributed by atoms with van der Waals surface area (Å²) in [5, 5.41) is 7.24. The highest BCUT2D eigenvalue weighted by Crippen LogP contribution is 2.20. The lowest BCUT2D eigenvalue weighted by atomic mass is 10.2. The predicted molar refractivity (Wildman–Crippen MR) is 87.6 cm³/mol. The van der Waals surface area contributed by atoms with Crippen LogP contribution in [0.25, 0.3) is 0 Å². The number of halogens is 1. The number of hydrogen-bond acceptors (Lipinski definition) is 4. The van der Waals surface area contributed by atoms with Gasteiger partial charge in [-0.25, -0.2) is 4.79 Å². The summed E-state index contributed by atoms with van der Waals surface area (Å²) in [7, 11) is 1.79. The molecule has 0 spiro atoms. The van der Waals surface area contributed by atoms with E-state index in [9.17, 15) is 9.59 Å². The van der Waals surface area contributed by atoms with Gasteiger partial charge in [-0.1, -0.05) is 23.7 Å². The van der Waals surface area contributed by atoms with E-state index in [0.717, 1.165) is 5.69 Å². The normalized spacial score (nSPS) is 11.9. The lowest BCUT2D eigenvalue weighted by Gasteiger charge is -2.14. The van der Waals surface area contributed by atoms with Crippen molar-refractivity contribution >= 4 is 29.2 Å². The smallest absolute Gasteiger partial charge is 0.340 e. The van der Waals surface area contributed by atoms with E-state index in [1.165, 1.54) is 6.92 Å². The van der Waals surface area contributed by atoms with Gasteiger partial charge in [0.2, 0.25) is 0 Å². The fourth-order valence-corrected chi connectivity index (χ4v) is 2.30. The first-order valence-corrected chi connectivity index (χ1v) is 7.45. The van der Waals surface area contributed by atoms with E-state index in [1.807, 2.05) is 6.92 Å². The van der Waals surface area contributed by atoms with Crippen LogP contribution in [0.5, 0.6) is 0 Å². The summed E-state index contributed by atoms with van der Waals surface area (Å²) >= 11 is 5.94. The Kier molecular flexibility index (Phi) is 5.05. The van der Waals surface area contributed by atoms with Gasteiger partial charge in [-0.2, -0.15) is 5.10 Å². The summed E-state index contributed by atoms with van der Waals surface area (Å²) in [5.74, 6) is -1.07. The highest BCUT2D eigenvalue weighted by molar-refractivity contribution is 6.33. The quantitative estimate of drug-likeness (QED) is 0.872. The van der Waals surface area contributed by atoms with Crippen molar-refractivity contribution in [2.75, 3.05) is 5.32 Å². The Morgan fingerprint density at radius 3 is 2.52 bits per heavy atom. The fraction of sp³-hybridized carbons (Fsp3) is 0.312. The van der Waals surface area contributed by atoms with Gasteiger partial charge in [0, 0.05) is 7.05 Å². The molecule has 6 nitrogen and oxygen atoms in total. The second-order valence-corrected chi connectivity index (χ2v) is 5.59. The number of carbonyl (C=O) groups is 2. The van der Waals surface area contributed by atoms with E-state index in [2.05, 4.69) is 10.4 Å². The van der Waals surface area contributed by atoms with Crippen LogP contribution in [-0.2, 0) is 16.6 Å². The van der Waals surface area contributed by atoms with Gasteiger partial charge in [-0.15, -0.1) is 0 Å². The van der Waals surface area contributed by atoms with Gasteiger partial charge in [0.15, 0.2) is 6.10 Å². The molecule has 0 saturated carbocycles. The molecule has 0 bridgehead atoms. The molecule has 7 heteroatoms. The van der Waals surface area contributed by atoms with Crippen LogP contribution in [0.3, 0.4) is 0 Å². The average molecular weight is 336 g/mol. The molecule has 1 N–H and O–H groups in total. The van der Waals surface area contributed by atoms with Gasteiger partial charge in [0.05, 0.1) is 27.7 Å². The number of aryl methyl sites for hydroxylation is 2. The van der Waals surface area contributed by atoms with E-state index in [4.69, 9.17) is 16.3 Å². The molecule has 0 saturated heterocycles. The van der Waals surface area contributed by atoms with Crippen molar-refractivity contribution in [1.29, 1.82) is 0 Å². The van der Waals surface area contributed by atoms with Crippen molar-refractivity contribution in [2.45, 2.75) is 26.9 Å². The first kappa shape index (κ1) is 17.0. The number of esters is 1. The topological polar surface area (TPSA) is 73.2 Å². The van der Waals surface area contributed by atoms with E-state index >= 15 is 0 Å². The second kappa shape index (κ2) is 6.83. The zero-order chi connectivity index (χ0) is 17.1. The van der Waals surface area contributed by atoms with Crippen molar-refractivity contribution in [2.24, 2.45) is 7.05 Å². The number of nitrogens with one attached hydrogen (secondary N) is 1. The summed E-state index contributed by atoms with van der Waals surface area (Å²) in [6, 6.07) is 6.52. The summed E-state index contributed by atoms with van der Waals surface area (Å²) in [5.41, 5.74) is 2.36. The van der Waals surface area contributed by atoms with Gasteiger partial charge in [-0.3, -0.25) is 9.48 Å². The number of aromatic nitrogens is 2. The lowest BCUT2D eigenvalue weighted by molar-refractivity contribution is -0.123. The Morgan fingerprint density at radius 1 is 1.30 bits per heavy atom. The Labute approximate surface area is 139 Å². The molecule has 0 radical (unpaired) electrons. The average Bonchev–Trinajstić information content (AvgIpc) is 2.73. The van der Waals surface area contributed by atoms with Crippen molar-refractivity contribution in [1.82, 2.24) is 9.78 Å². The molecule has 2 aromatic rings. The largest absolute Gasteiger partial charge is 0.449 e. The van der Waals surface area contributed by atoms with Crippen LogP contribution in [0.1, 0.15) is 28.7 Å². The van der Waals surface area contributed by atoms with Crippen LogP contribution in [0.2, 0.25) is 5.02 Å². The second-order valence-electron chi connectivity index (χ2n) is 5.19. The fourth-order valence-electron chi connectivity index (χ4n) is 2.08. The number of hydrogen-bond donors (Lipinski definition) is 1. The van der Waals surface area contributed by atoms with Crippen molar-refractivity contribution in [3.8, 4) is 0 Å². The molecule has 0 unspecified atom stereocenters. The SMILES string of the molecule is Cc1nn(C)c(C)c1NC(=O)[C@H](C)OC(=O)c1ccccc1Cl. The van der Waals surface area contributed by atoms with E-state index in [0.29, 0.717) is 11.4 Å². The number of carbonyl (C=O) groups excluding carboxylic acids is 2. The number of benzene rings is 1. The van der Waals surface area contributed by atoms with Crippen LogP contribution < -0.4 is 5.32 Å². The van der Waals surface area contributed by atoms with Crippen LogP contribution >= 0.6 is 11.6 Å². The first-order chi connectivity index (χ1) is 10.8. The molecule has 1 atom stereocenters. The van der Waals surface area contributed by atoms with Crippen LogP contribution in [0.15, 0.2) is 24.3 Å². The third kappa shape index (κ3) is 3.71. The molecule has 0 fully saturated rings. The Bertz CT molecular complexity index is 755. The van der Waals surface area contributed by atoms with Crippen molar-refractivity contribution in [3.05, 3.63) is 46.2 Å². The third-order valence-corrected chi connectivity index (χ3v) is 3.83. The maximum atomic E-state index is 12.2. The molecule has 1 aromatic carbocycles. The lowest BCUT2D eigenvalue weighted by Crippen LogP contribution is -2.30. The Balaban J connectivity index is 2.06. The number of ether oxygens (including phenoxy) is 1. The summed E-state index contributed by atoms with van der Waals surface area (Å²) in [6.07, 6.45) is -0.960. The van der Waals surface area contributed by atoms with Gasteiger partial charge in [0.1, 0.15) is 0 Å². The summed E-state index contributed by atoms with van der Waals surface area (Å²) in [4.78, 5) is 24.3. The molecular weight excluding hydrogens is 318 g/mol. The number of rotatable bonds is 4. The number of anilines is 1. The Hall–Kier alpha value is -2.34. The van der Waals surface area contributed by atoms with Crippen LogP contribution in [0, 0.1) is 13.8 Å². The van der Waals surface area contributed by atoms with Gasteiger partial charge < -0.3 is 10.1 Å². The molecule has 122 valence electrons. The van der Waals surface area contributed by atoms with E-state index in [1.54, 1.807) is 42.9 Å². The maximum absolute atomic E-state index is 12.2. The minimum absolute atomic E-state index is 0.225. The van der Waals surface area contributed by atoms with Crippen molar-refractivity contribution in [3.63, 3.8) is 0 Å². The maximum Gasteiger partial charge on any atom is 0.340 e. The van der Waals surface area contributed by atoms with Crippen LogP contribution in [0.4, 0.5) is 5.69 Å². The van der Waals surface area contributed by atoms with E-state index < -0.39 is 18.0 Å². The highest BCUT2D eigenvalue weighted by Gasteiger charge is 2.22. The molecule has 1 aromatic heterocycles. The van der Waals surface area contributed by atoms with Crippen LogP contribution in [-0.4, -0.2) is 27.8 Å². The van der Waals surface area contributed by atoms with E-state index in [-0.39, 0.29) is 10.6 Å². The standard InChI is InChI=1S/C16H18ClN3O3/c1-9-14(10(2)20(4)19-9)18-15(21)11(3)23-16(22)12-7-5-6-8-13(12)17/h5-8,11H,1-4H3,(H,18,21)/t11-/m0/s1. The molecule has 0 aliphatic heterocycles. The highest BCUT2D eigenvalue weighted by atomic mass is 35.5. The molecule has 23 heavy (non-hydrogen) atoms. The third-order valence-electron chi connectivity index (χ3n) is 3.50. The summed E-state index contributed by atoms with van der Waals surface area (Å²) in [6.45, 7) is 5.14. The van der Waals surface area contributed by atoms with Crippen molar-refractivity contribution < 1.29 is 14.3 Å². The zero-order valence-electron chi connectivity index (χ0n) is 13.4. The predicted octanol–water partition coefficient (Wildman–Crippen LogP) is 2.87. The Morgan fingerprint density at radius 2 is 1.96 bits per heavy atom. The molecular formula is C16H18ClN3O3. The first-order valence-electron chi connectivity index (χ1n) is 7.07. The minimum Gasteiger partial charge on any atom is -0.449 e. The molecule has 2 rings (SSSR count). The van der Waals surface area contributed by atoms with Gasteiger partial charge in [-0.05, 0) is 32.9 Å². The number of nitrogens with zero attached hydrogens (tertiary/aromatic N) is 2. The minimum atomic E-state index is -0.960. The van der Waals surface area contributed by atoms with Gasteiger partial charge in [0.25, 0.3) is 5.91 Å². The summed E-state index contributed by atoms with van der Waals surface area (Å²) < 4.78 is 6.85. The monoisotopic (exact) mass is 335 g/mol. The van der Waals surface area contributed by atoms with Gasteiger partial charge >= 0.3 is 5.97 Å². The zero-order valence-corrected chi connectivity index (χ0v) is 14.1. The molecule has 1 amide bonds. The molecule has 1 heterocycles.